The summed E-state index contributed by atoms with van der Waals surface area (Å²) in [4.78, 5) is 13.7. The Morgan fingerprint density at radius 2 is 2.21 bits per heavy atom. The van der Waals surface area contributed by atoms with Crippen LogP contribution in [0.2, 0.25) is 0 Å². The molecule has 1 rings (SSSR count). The molecular weight excluding hydrogens is 306 g/mol. The predicted molar refractivity (Wildman–Crippen MR) is 81.9 cm³/mol. The Balaban J connectivity index is 2.71. The Bertz CT molecular complexity index is 457. The van der Waals surface area contributed by atoms with E-state index in [2.05, 4.69) is 15.9 Å². The van der Waals surface area contributed by atoms with Crippen LogP contribution in [0.3, 0.4) is 0 Å². The van der Waals surface area contributed by atoms with Crippen LogP contribution < -0.4 is 0 Å². The minimum Gasteiger partial charge on any atom is -0.396 e. The van der Waals surface area contributed by atoms with E-state index in [1.165, 1.54) is 5.56 Å². The fourth-order valence-electron chi connectivity index (χ4n) is 1.72. The molecular formula is C15H20BrNO2. The van der Waals surface area contributed by atoms with Gasteiger partial charge in [-0.15, -0.1) is 0 Å². The van der Waals surface area contributed by atoms with Gasteiger partial charge >= 0.3 is 0 Å². The van der Waals surface area contributed by atoms with Gasteiger partial charge in [0.25, 0.3) is 0 Å². The van der Waals surface area contributed by atoms with Gasteiger partial charge in [0.1, 0.15) is 0 Å². The number of carbonyl (C=O) groups excluding carboxylic acids is 1. The van der Waals surface area contributed by atoms with Crippen molar-refractivity contribution in [3.05, 3.63) is 39.9 Å². The standard InChI is InChI=1S/C15H20BrNO2/c1-3-17(9-4-10-18)15(19)8-7-13-6-5-12(2)11-14(13)16/h5-8,11,18H,3-4,9-10H2,1-2H3/b8-7+. The van der Waals surface area contributed by atoms with Gasteiger partial charge in [0, 0.05) is 30.2 Å². The van der Waals surface area contributed by atoms with E-state index in [-0.39, 0.29) is 12.5 Å². The molecule has 0 aliphatic rings. The van der Waals surface area contributed by atoms with Gasteiger partial charge in [0.2, 0.25) is 5.91 Å². The first-order valence-corrected chi connectivity index (χ1v) is 7.21. The van der Waals surface area contributed by atoms with Crippen molar-refractivity contribution >= 4 is 27.9 Å². The lowest BCUT2D eigenvalue weighted by atomic mass is 10.1. The molecule has 0 aliphatic heterocycles. The quantitative estimate of drug-likeness (QED) is 0.817. The molecule has 0 atom stereocenters. The molecule has 0 unspecified atom stereocenters. The minimum atomic E-state index is -0.0246. The number of hydrogen-bond donors (Lipinski definition) is 1. The number of nitrogens with zero attached hydrogens (tertiary/aromatic N) is 1. The molecule has 1 amide bonds. The number of aliphatic hydroxyl groups excluding tert-OH is 1. The highest BCUT2D eigenvalue weighted by Gasteiger charge is 2.07. The second kappa shape index (κ2) is 8.12. The Morgan fingerprint density at radius 1 is 1.47 bits per heavy atom. The van der Waals surface area contributed by atoms with Gasteiger partial charge in [0.15, 0.2) is 0 Å². The van der Waals surface area contributed by atoms with Gasteiger partial charge < -0.3 is 10.0 Å². The first-order valence-electron chi connectivity index (χ1n) is 6.42. The van der Waals surface area contributed by atoms with Crippen LogP contribution in [0.25, 0.3) is 6.08 Å². The average Bonchev–Trinajstić information content (AvgIpc) is 2.38. The van der Waals surface area contributed by atoms with Gasteiger partial charge in [0.05, 0.1) is 0 Å². The molecule has 0 fully saturated rings. The number of halogens is 1. The third kappa shape index (κ3) is 5.17. The van der Waals surface area contributed by atoms with E-state index in [1.807, 2.05) is 38.1 Å². The van der Waals surface area contributed by atoms with Crippen LogP contribution in [0.1, 0.15) is 24.5 Å². The predicted octanol–water partition coefficient (Wildman–Crippen LogP) is 3.00. The molecule has 0 aliphatic carbocycles. The van der Waals surface area contributed by atoms with Gasteiger partial charge in [-0.1, -0.05) is 28.1 Å². The van der Waals surface area contributed by atoms with E-state index in [0.29, 0.717) is 19.5 Å². The number of aliphatic hydroxyl groups is 1. The summed E-state index contributed by atoms with van der Waals surface area (Å²) in [6.07, 6.45) is 4.01. The van der Waals surface area contributed by atoms with Crippen molar-refractivity contribution in [2.24, 2.45) is 0 Å². The lowest BCUT2D eigenvalue weighted by molar-refractivity contribution is -0.125. The maximum Gasteiger partial charge on any atom is 0.246 e. The molecule has 0 saturated carbocycles. The maximum atomic E-state index is 12.0. The van der Waals surface area contributed by atoms with Gasteiger partial charge in [-0.3, -0.25) is 4.79 Å². The van der Waals surface area contributed by atoms with Crippen LogP contribution in [0.4, 0.5) is 0 Å². The summed E-state index contributed by atoms with van der Waals surface area (Å²) in [5.41, 5.74) is 2.16. The monoisotopic (exact) mass is 325 g/mol. The first-order chi connectivity index (χ1) is 9.08. The van der Waals surface area contributed by atoms with Crippen LogP contribution in [0, 0.1) is 6.92 Å². The number of hydrogen-bond acceptors (Lipinski definition) is 2. The van der Waals surface area contributed by atoms with E-state index in [1.54, 1.807) is 11.0 Å². The zero-order chi connectivity index (χ0) is 14.3. The third-order valence-electron chi connectivity index (χ3n) is 2.84. The fraction of sp³-hybridized carbons (Fsp3) is 0.400. The largest absolute Gasteiger partial charge is 0.396 e. The zero-order valence-corrected chi connectivity index (χ0v) is 13.0. The van der Waals surface area contributed by atoms with E-state index < -0.39 is 0 Å². The lowest BCUT2D eigenvalue weighted by Gasteiger charge is -2.18. The van der Waals surface area contributed by atoms with Crippen molar-refractivity contribution in [1.29, 1.82) is 0 Å². The maximum absolute atomic E-state index is 12.0. The van der Waals surface area contributed by atoms with Crippen LogP contribution in [-0.2, 0) is 4.79 Å². The molecule has 104 valence electrons. The second-order valence-electron chi connectivity index (χ2n) is 4.35. The first kappa shape index (κ1) is 15.9. The molecule has 1 aromatic rings. The molecule has 0 bridgehead atoms. The van der Waals surface area contributed by atoms with Crippen molar-refractivity contribution in [3.8, 4) is 0 Å². The Morgan fingerprint density at radius 3 is 2.79 bits per heavy atom. The molecule has 0 radical (unpaired) electrons. The smallest absolute Gasteiger partial charge is 0.246 e. The number of likely N-dealkylation sites (N-methyl/N-ethyl adjacent to an activating group) is 1. The van der Waals surface area contributed by atoms with E-state index >= 15 is 0 Å². The molecule has 0 saturated heterocycles. The van der Waals surface area contributed by atoms with Crippen LogP contribution in [-0.4, -0.2) is 35.6 Å². The van der Waals surface area contributed by atoms with Crippen LogP contribution in [0.5, 0.6) is 0 Å². The molecule has 1 aromatic carbocycles. The molecule has 3 nitrogen and oxygen atoms in total. The Labute approximate surface area is 123 Å². The summed E-state index contributed by atoms with van der Waals surface area (Å²) < 4.78 is 0.981. The zero-order valence-electron chi connectivity index (χ0n) is 11.4. The van der Waals surface area contributed by atoms with Crippen molar-refractivity contribution in [2.75, 3.05) is 19.7 Å². The number of benzene rings is 1. The van der Waals surface area contributed by atoms with E-state index in [4.69, 9.17) is 5.11 Å². The van der Waals surface area contributed by atoms with Gasteiger partial charge in [-0.2, -0.15) is 0 Å². The van der Waals surface area contributed by atoms with Gasteiger partial charge in [-0.25, -0.2) is 0 Å². The molecule has 19 heavy (non-hydrogen) atoms. The Hall–Kier alpha value is -1.13. The van der Waals surface area contributed by atoms with E-state index in [9.17, 15) is 4.79 Å². The highest BCUT2D eigenvalue weighted by atomic mass is 79.9. The summed E-state index contributed by atoms with van der Waals surface area (Å²) in [5.74, 6) is -0.0246. The highest BCUT2D eigenvalue weighted by molar-refractivity contribution is 9.10. The summed E-state index contributed by atoms with van der Waals surface area (Å²) in [7, 11) is 0. The van der Waals surface area contributed by atoms with Crippen molar-refractivity contribution in [2.45, 2.75) is 20.3 Å². The van der Waals surface area contributed by atoms with Crippen molar-refractivity contribution in [3.63, 3.8) is 0 Å². The second-order valence-corrected chi connectivity index (χ2v) is 5.21. The topological polar surface area (TPSA) is 40.5 Å². The number of aryl methyl sites for hydroxylation is 1. The number of rotatable bonds is 6. The molecule has 1 N–H and O–H groups in total. The number of amides is 1. The van der Waals surface area contributed by atoms with Gasteiger partial charge in [-0.05, 0) is 43.5 Å². The fourth-order valence-corrected chi connectivity index (χ4v) is 2.34. The lowest BCUT2D eigenvalue weighted by Crippen LogP contribution is -2.30. The summed E-state index contributed by atoms with van der Waals surface area (Å²) in [5, 5.41) is 8.80. The molecule has 4 heteroatoms. The Kier molecular flexibility index (Phi) is 6.81. The van der Waals surface area contributed by atoms with Crippen molar-refractivity contribution < 1.29 is 9.90 Å². The molecule has 0 aromatic heterocycles. The number of carbonyl (C=O) groups is 1. The molecule has 0 heterocycles. The van der Waals surface area contributed by atoms with E-state index in [0.717, 1.165) is 10.0 Å². The summed E-state index contributed by atoms with van der Waals surface area (Å²) in [6, 6.07) is 6.01. The summed E-state index contributed by atoms with van der Waals surface area (Å²) in [6.45, 7) is 5.31. The SMILES string of the molecule is CCN(CCCO)C(=O)/C=C/c1ccc(C)cc1Br. The van der Waals surface area contributed by atoms with Crippen LogP contribution in [0.15, 0.2) is 28.7 Å². The van der Waals surface area contributed by atoms with Crippen LogP contribution >= 0.6 is 15.9 Å². The van der Waals surface area contributed by atoms with Crippen molar-refractivity contribution in [1.82, 2.24) is 4.90 Å². The highest BCUT2D eigenvalue weighted by Crippen LogP contribution is 2.19. The summed E-state index contributed by atoms with van der Waals surface area (Å²) >= 11 is 3.48. The third-order valence-corrected chi connectivity index (χ3v) is 3.53. The normalized spacial score (nSPS) is 10.9. The average molecular weight is 326 g/mol. The minimum absolute atomic E-state index is 0.0246. The molecule has 0 spiro atoms.